The first-order valence-electron chi connectivity index (χ1n) is 7.95. The SMILES string of the molecule is CC(=O)OC[C@]1(OC(C)=O)OC[C@@H](OC(C)=O)[C@H](OC(C)=O)[C@@H]1OC(C)=O. The molecule has 0 bridgehead atoms. The summed E-state index contributed by atoms with van der Waals surface area (Å²) >= 11 is 0. The number of hydrogen-bond donors (Lipinski definition) is 0. The Balaban J connectivity index is 3.37. The molecule has 11 nitrogen and oxygen atoms in total. The van der Waals surface area contributed by atoms with Crippen molar-refractivity contribution in [3.63, 3.8) is 0 Å². The fourth-order valence-corrected chi connectivity index (χ4v) is 2.51. The Morgan fingerprint density at radius 1 is 0.815 bits per heavy atom. The third kappa shape index (κ3) is 6.51. The number of rotatable bonds is 6. The van der Waals surface area contributed by atoms with E-state index >= 15 is 0 Å². The van der Waals surface area contributed by atoms with Gasteiger partial charge in [-0.15, -0.1) is 0 Å². The molecule has 1 fully saturated rings. The third-order valence-corrected chi connectivity index (χ3v) is 3.30. The molecule has 0 amide bonds. The van der Waals surface area contributed by atoms with Gasteiger partial charge in [-0.25, -0.2) is 0 Å². The van der Waals surface area contributed by atoms with E-state index in [1.807, 2.05) is 0 Å². The fraction of sp³-hybridized carbons (Fsp3) is 0.688. The molecule has 1 rings (SSSR count). The Morgan fingerprint density at radius 3 is 1.81 bits per heavy atom. The molecule has 0 aliphatic carbocycles. The lowest BCUT2D eigenvalue weighted by Gasteiger charge is -2.46. The minimum atomic E-state index is -2.10. The van der Waals surface area contributed by atoms with E-state index in [0.29, 0.717) is 0 Å². The lowest BCUT2D eigenvalue weighted by Crippen LogP contribution is -2.67. The highest BCUT2D eigenvalue weighted by molar-refractivity contribution is 5.69. The van der Waals surface area contributed by atoms with Crippen LogP contribution in [0.25, 0.3) is 0 Å². The molecule has 1 saturated heterocycles. The van der Waals surface area contributed by atoms with Crippen LogP contribution in [0.4, 0.5) is 0 Å². The average Bonchev–Trinajstić information content (AvgIpc) is 2.49. The molecule has 0 aromatic rings. The Kier molecular flexibility index (Phi) is 7.70. The van der Waals surface area contributed by atoms with Crippen LogP contribution in [0.5, 0.6) is 0 Å². The molecule has 1 aliphatic heterocycles. The molecule has 0 spiro atoms. The summed E-state index contributed by atoms with van der Waals surface area (Å²) in [5.41, 5.74) is 0. The molecule has 0 N–H and O–H groups in total. The largest absolute Gasteiger partial charge is 0.459 e. The molecule has 4 atom stereocenters. The first-order valence-corrected chi connectivity index (χ1v) is 7.95. The molecule has 152 valence electrons. The van der Waals surface area contributed by atoms with Crippen LogP contribution in [0.2, 0.25) is 0 Å². The summed E-state index contributed by atoms with van der Waals surface area (Å²) in [6.45, 7) is 4.40. The van der Waals surface area contributed by atoms with Crippen molar-refractivity contribution in [1.29, 1.82) is 0 Å². The van der Waals surface area contributed by atoms with Crippen molar-refractivity contribution in [2.24, 2.45) is 0 Å². The quantitative estimate of drug-likeness (QED) is 0.433. The highest BCUT2D eigenvalue weighted by Gasteiger charge is 2.59. The summed E-state index contributed by atoms with van der Waals surface area (Å²) in [4.78, 5) is 57.3. The van der Waals surface area contributed by atoms with E-state index in [4.69, 9.17) is 28.4 Å². The minimum Gasteiger partial charge on any atom is -0.459 e. The van der Waals surface area contributed by atoms with E-state index in [1.54, 1.807) is 0 Å². The predicted molar refractivity (Wildman–Crippen MR) is 83.7 cm³/mol. The normalized spacial score (nSPS) is 27.1. The molecule has 0 aromatic carbocycles. The van der Waals surface area contributed by atoms with E-state index < -0.39 is 60.6 Å². The number of hydrogen-bond acceptors (Lipinski definition) is 11. The Labute approximate surface area is 155 Å². The summed E-state index contributed by atoms with van der Waals surface area (Å²) in [7, 11) is 0. The van der Waals surface area contributed by atoms with Crippen LogP contribution in [-0.4, -0.2) is 67.2 Å². The van der Waals surface area contributed by atoms with Crippen LogP contribution >= 0.6 is 0 Å². The Bertz CT molecular complexity index is 613. The van der Waals surface area contributed by atoms with Gasteiger partial charge in [0.25, 0.3) is 5.79 Å². The third-order valence-electron chi connectivity index (χ3n) is 3.30. The van der Waals surface area contributed by atoms with E-state index in [0.717, 1.165) is 34.6 Å². The van der Waals surface area contributed by atoms with Crippen molar-refractivity contribution in [3.8, 4) is 0 Å². The average molecular weight is 390 g/mol. The molecule has 0 unspecified atom stereocenters. The summed E-state index contributed by atoms with van der Waals surface area (Å²) in [5, 5.41) is 0. The number of ether oxygens (including phenoxy) is 6. The van der Waals surface area contributed by atoms with Gasteiger partial charge in [-0.05, 0) is 0 Å². The van der Waals surface area contributed by atoms with Crippen molar-refractivity contribution < 1.29 is 52.4 Å². The van der Waals surface area contributed by atoms with Crippen LogP contribution in [0.15, 0.2) is 0 Å². The second-order valence-corrected chi connectivity index (χ2v) is 5.75. The Morgan fingerprint density at radius 2 is 1.37 bits per heavy atom. The van der Waals surface area contributed by atoms with E-state index in [9.17, 15) is 24.0 Å². The van der Waals surface area contributed by atoms with Crippen LogP contribution < -0.4 is 0 Å². The van der Waals surface area contributed by atoms with Crippen molar-refractivity contribution in [1.82, 2.24) is 0 Å². The van der Waals surface area contributed by atoms with Gasteiger partial charge in [0.15, 0.2) is 18.8 Å². The van der Waals surface area contributed by atoms with Gasteiger partial charge in [0, 0.05) is 34.6 Å². The highest BCUT2D eigenvalue weighted by atomic mass is 16.8. The summed E-state index contributed by atoms with van der Waals surface area (Å²) in [6.07, 6.45) is -4.10. The molecule has 1 aliphatic rings. The molecule has 27 heavy (non-hydrogen) atoms. The van der Waals surface area contributed by atoms with Crippen LogP contribution in [0.1, 0.15) is 34.6 Å². The first kappa shape index (κ1) is 22.4. The standard InChI is InChI=1S/C16H22O11/c1-8(17)22-7-16(27-12(5)21)15(26-11(4)20)14(25-10(3)19)13(6-23-16)24-9(2)18/h13-15H,6-7H2,1-5H3/t13-,14+,15+,16-/m1/s1. The summed E-state index contributed by atoms with van der Waals surface area (Å²) < 4.78 is 30.9. The smallest absolute Gasteiger partial charge is 0.305 e. The first-order chi connectivity index (χ1) is 12.5. The second-order valence-electron chi connectivity index (χ2n) is 5.75. The van der Waals surface area contributed by atoms with Gasteiger partial charge in [-0.3, -0.25) is 24.0 Å². The number of esters is 5. The lowest BCUT2D eigenvalue weighted by atomic mass is 9.96. The van der Waals surface area contributed by atoms with Crippen molar-refractivity contribution in [3.05, 3.63) is 0 Å². The topological polar surface area (TPSA) is 141 Å². The van der Waals surface area contributed by atoms with Gasteiger partial charge < -0.3 is 28.4 Å². The van der Waals surface area contributed by atoms with Gasteiger partial charge in [-0.2, -0.15) is 0 Å². The molecule has 0 saturated carbocycles. The van der Waals surface area contributed by atoms with Crippen LogP contribution in [0.3, 0.4) is 0 Å². The van der Waals surface area contributed by atoms with Crippen molar-refractivity contribution in [2.75, 3.05) is 13.2 Å². The highest BCUT2D eigenvalue weighted by Crippen LogP contribution is 2.34. The summed E-state index contributed by atoms with van der Waals surface area (Å²) in [6, 6.07) is 0. The van der Waals surface area contributed by atoms with E-state index in [2.05, 4.69) is 0 Å². The van der Waals surface area contributed by atoms with Gasteiger partial charge >= 0.3 is 29.8 Å². The van der Waals surface area contributed by atoms with Crippen LogP contribution in [0, 0.1) is 0 Å². The molecule has 11 heteroatoms. The van der Waals surface area contributed by atoms with Gasteiger partial charge in [0.2, 0.25) is 6.10 Å². The number of carbonyl (C=O) groups is 5. The maximum Gasteiger partial charge on any atom is 0.305 e. The zero-order valence-corrected chi connectivity index (χ0v) is 15.6. The zero-order chi connectivity index (χ0) is 20.8. The second kappa shape index (κ2) is 9.31. The molecule has 0 aromatic heterocycles. The van der Waals surface area contributed by atoms with Gasteiger partial charge in [0.05, 0.1) is 6.61 Å². The molecule has 1 heterocycles. The molecular weight excluding hydrogens is 368 g/mol. The van der Waals surface area contributed by atoms with Crippen molar-refractivity contribution in [2.45, 2.75) is 58.7 Å². The zero-order valence-electron chi connectivity index (χ0n) is 15.6. The molecular formula is C16H22O11. The van der Waals surface area contributed by atoms with E-state index in [-0.39, 0.29) is 6.61 Å². The Hall–Kier alpha value is -2.69. The molecule has 0 radical (unpaired) electrons. The monoisotopic (exact) mass is 390 g/mol. The van der Waals surface area contributed by atoms with Crippen molar-refractivity contribution >= 4 is 29.8 Å². The minimum absolute atomic E-state index is 0.385. The summed E-state index contributed by atoms with van der Waals surface area (Å²) in [5.74, 6) is -5.98. The van der Waals surface area contributed by atoms with Gasteiger partial charge in [0.1, 0.15) is 0 Å². The van der Waals surface area contributed by atoms with E-state index in [1.165, 1.54) is 0 Å². The number of carbonyl (C=O) groups excluding carboxylic acids is 5. The maximum atomic E-state index is 11.6. The lowest BCUT2D eigenvalue weighted by molar-refractivity contribution is -0.338. The van der Waals surface area contributed by atoms with Crippen LogP contribution in [-0.2, 0) is 52.4 Å². The fourth-order valence-electron chi connectivity index (χ4n) is 2.51. The maximum absolute atomic E-state index is 11.6. The predicted octanol–water partition coefficient (Wildman–Crippen LogP) is -0.366. The van der Waals surface area contributed by atoms with Gasteiger partial charge in [-0.1, -0.05) is 0 Å².